The Labute approximate surface area is 139 Å². The van der Waals surface area contributed by atoms with Crippen molar-refractivity contribution < 1.29 is 4.79 Å². The first-order valence-electron chi connectivity index (χ1n) is 8.29. The van der Waals surface area contributed by atoms with E-state index < -0.39 is 0 Å². The molecule has 2 aromatic heterocycles. The largest absolute Gasteiger partial charge is 0.320 e. The highest BCUT2D eigenvalue weighted by molar-refractivity contribution is 6.04. The Morgan fingerprint density at radius 3 is 2.96 bits per heavy atom. The number of fused-ring (bicyclic) bond motifs is 1. The molecular weight excluding hydrogens is 302 g/mol. The second-order valence-corrected chi connectivity index (χ2v) is 6.36. The first-order valence-corrected chi connectivity index (χ1v) is 8.29. The third kappa shape index (κ3) is 2.75. The predicted molar refractivity (Wildman–Crippen MR) is 92.0 cm³/mol. The Morgan fingerprint density at radius 1 is 1.29 bits per heavy atom. The van der Waals surface area contributed by atoms with E-state index in [0.717, 1.165) is 40.8 Å². The monoisotopic (exact) mass is 321 g/mol. The van der Waals surface area contributed by atoms with E-state index in [1.54, 1.807) is 18.5 Å². The zero-order valence-electron chi connectivity index (χ0n) is 13.5. The van der Waals surface area contributed by atoms with Crippen LogP contribution in [0.25, 0.3) is 10.9 Å². The zero-order chi connectivity index (χ0) is 16.5. The second-order valence-electron chi connectivity index (χ2n) is 6.36. The highest BCUT2D eigenvalue weighted by atomic mass is 16.1. The minimum absolute atomic E-state index is 0.210. The number of rotatable bonds is 3. The number of carbonyl (C=O) groups excluding carboxylic acids is 1. The van der Waals surface area contributed by atoms with Gasteiger partial charge in [-0.3, -0.25) is 9.89 Å². The van der Waals surface area contributed by atoms with Crippen molar-refractivity contribution in [3.8, 4) is 0 Å². The number of H-pyrrole nitrogens is 1. The molecule has 1 fully saturated rings. The molecule has 0 atom stereocenters. The van der Waals surface area contributed by atoms with Crippen molar-refractivity contribution in [2.24, 2.45) is 0 Å². The summed E-state index contributed by atoms with van der Waals surface area (Å²) in [7, 11) is 0. The number of carbonyl (C=O) groups is 1. The number of benzene rings is 1. The van der Waals surface area contributed by atoms with Gasteiger partial charge in [-0.2, -0.15) is 5.10 Å². The molecule has 6 nitrogen and oxygen atoms in total. The smallest absolute Gasteiger partial charge is 0.274 e. The molecule has 0 saturated heterocycles. The molecule has 24 heavy (non-hydrogen) atoms. The summed E-state index contributed by atoms with van der Waals surface area (Å²) in [5.41, 5.74) is 3.06. The molecule has 1 aliphatic carbocycles. The van der Waals surface area contributed by atoms with Crippen LogP contribution in [0.2, 0.25) is 0 Å². The Balaban J connectivity index is 1.58. The summed E-state index contributed by atoms with van der Waals surface area (Å²) >= 11 is 0. The molecule has 3 aromatic rings. The Bertz CT molecular complexity index is 895. The molecule has 2 N–H and O–H groups in total. The molecule has 4 rings (SSSR count). The average molecular weight is 321 g/mol. The minimum Gasteiger partial charge on any atom is -0.320 e. The van der Waals surface area contributed by atoms with Gasteiger partial charge >= 0.3 is 0 Å². The van der Waals surface area contributed by atoms with Crippen LogP contribution in [0, 0.1) is 6.92 Å². The number of nitrogens with zero attached hydrogens (tertiary/aromatic N) is 3. The molecular formula is C18H19N5O. The van der Waals surface area contributed by atoms with Gasteiger partial charge < -0.3 is 5.32 Å². The Kier molecular flexibility index (Phi) is 3.72. The predicted octanol–water partition coefficient (Wildman–Crippen LogP) is 3.57. The van der Waals surface area contributed by atoms with Crippen LogP contribution in [0.3, 0.4) is 0 Å². The molecule has 0 aliphatic heterocycles. The van der Waals surface area contributed by atoms with Crippen LogP contribution in [0.5, 0.6) is 0 Å². The molecule has 6 heteroatoms. The molecule has 1 aromatic carbocycles. The van der Waals surface area contributed by atoms with Crippen molar-refractivity contribution in [3.63, 3.8) is 0 Å². The first kappa shape index (κ1) is 14.8. The van der Waals surface area contributed by atoms with E-state index in [1.165, 1.54) is 12.8 Å². The maximum Gasteiger partial charge on any atom is 0.274 e. The van der Waals surface area contributed by atoms with Gasteiger partial charge in [-0.25, -0.2) is 9.97 Å². The SMILES string of the molecule is Cc1cc2cn[nH]c2cc1NC(=O)c1ccnc(C2CCCC2)n1. The third-order valence-electron chi connectivity index (χ3n) is 4.66. The Morgan fingerprint density at radius 2 is 2.12 bits per heavy atom. The van der Waals surface area contributed by atoms with Crippen LogP contribution in [0.4, 0.5) is 5.69 Å². The summed E-state index contributed by atoms with van der Waals surface area (Å²) in [5, 5.41) is 10.9. The van der Waals surface area contributed by atoms with Crippen LogP contribution in [0.1, 0.15) is 53.5 Å². The maximum atomic E-state index is 12.6. The molecule has 0 bridgehead atoms. The molecule has 0 unspecified atom stereocenters. The lowest BCUT2D eigenvalue weighted by Crippen LogP contribution is -2.16. The van der Waals surface area contributed by atoms with Gasteiger partial charge in [0.1, 0.15) is 11.5 Å². The fourth-order valence-corrected chi connectivity index (χ4v) is 3.31. The summed E-state index contributed by atoms with van der Waals surface area (Å²) in [6.45, 7) is 1.96. The highest BCUT2D eigenvalue weighted by Gasteiger charge is 2.21. The Hall–Kier alpha value is -2.76. The van der Waals surface area contributed by atoms with Gasteiger partial charge in [0, 0.05) is 23.2 Å². The van der Waals surface area contributed by atoms with E-state index in [0.29, 0.717) is 11.6 Å². The van der Waals surface area contributed by atoms with Crippen molar-refractivity contribution in [2.45, 2.75) is 38.5 Å². The topological polar surface area (TPSA) is 83.6 Å². The molecule has 2 heterocycles. The number of hydrogen-bond acceptors (Lipinski definition) is 4. The van der Waals surface area contributed by atoms with Crippen LogP contribution < -0.4 is 5.32 Å². The fourth-order valence-electron chi connectivity index (χ4n) is 3.31. The number of aromatic amines is 1. The van der Waals surface area contributed by atoms with Crippen molar-refractivity contribution in [1.29, 1.82) is 0 Å². The number of anilines is 1. The number of hydrogen-bond donors (Lipinski definition) is 2. The van der Waals surface area contributed by atoms with E-state index in [4.69, 9.17) is 0 Å². The van der Waals surface area contributed by atoms with Crippen LogP contribution in [-0.2, 0) is 0 Å². The first-order chi connectivity index (χ1) is 11.7. The van der Waals surface area contributed by atoms with Crippen LogP contribution in [-0.4, -0.2) is 26.1 Å². The van der Waals surface area contributed by atoms with E-state index in [-0.39, 0.29) is 5.91 Å². The molecule has 122 valence electrons. The lowest BCUT2D eigenvalue weighted by Gasteiger charge is -2.11. The van der Waals surface area contributed by atoms with Crippen LogP contribution >= 0.6 is 0 Å². The van der Waals surface area contributed by atoms with Gasteiger partial charge in [0.25, 0.3) is 5.91 Å². The van der Waals surface area contributed by atoms with E-state index in [2.05, 4.69) is 25.5 Å². The fraction of sp³-hybridized carbons (Fsp3) is 0.333. The van der Waals surface area contributed by atoms with Crippen molar-refractivity contribution in [3.05, 3.63) is 47.7 Å². The number of nitrogens with one attached hydrogen (secondary N) is 2. The lowest BCUT2D eigenvalue weighted by atomic mass is 10.1. The minimum atomic E-state index is -0.210. The second kappa shape index (κ2) is 6.03. The van der Waals surface area contributed by atoms with E-state index in [9.17, 15) is 4.79 Å². The van der Waals surface area contributed by atoms with Gasteiger partial charge in [0.05, 0.1) is 11.7 Å². The van der Waals surface area contributed by atoms with Gasteiger partial charge in [-0.1, -0.05) is 12.8 Å². The zero-order valence-corrected chi connectivity index (χ0v) is 13.5. The average Bonchev–Trinajstić information content (AvgIpc) is 3.26. The molecule has 0 spiro atoms. The number of aryl methyl sites for hydroxylation is 1. The van der Waals surface area contributed by atoms with Gasteiger partial charge in [0.15, 0.2) is 0 Å². The van der Waals surface area contributed by atoms with Crippen molar-refractivity contribution in [1.82, 2.24) is 20.2 Å². The van der Waals surface area contributed by atoms with Crippen molar-refractivity contribution >= 4 is 22.5 Å². The summed E-state index contributed by atoms with van der Waals surface area (Å²) in [5.74, 6) is 0.973. The quantitative estimate of drug-likeness (QED) is 0.772. The maximum absolute atomic E-state index is 12.6. The van der Waals surface area contributed by atoms with E-state index >= 15 is 0 Å². The summed E-state index contributed by atoms with van der Waals surface area (Å²) in [4.78, 5) is 21.4. The molecule has 0 radical (unpaired) electrons. The highest BCUT2D eigenvalue weighted by Crippen LogP contribution is 2.32. The molecule has 1 aliphatic rings. The van der Waals surface area contributed by atoms with Gasteiger partial charge in [-0.05, 0) is 43.5 Å². The third-order valence-corrected chi connectivity index (χ3v) is 4.66. The molecule has 1 amide bonds. The van der Waals surface area contributed by atoms with Crippen molar-refractivity contribution in [2.75, 3.05) is 5.32 Å². The van der Waals surface area contributed by atoms with Crippen LogP contribution in [0.15, 0.2) is 30.6 Å². The summed E-state index contributed by atoms with van der Waals surface area (Å²) < 4.78 is 0. The van der Waals surface area contributed by atoms with Gasteiger partial charge in [0.2, 0.25) is 0 Å². The normalized spacial score (nSPS) is 15.0. The lowest BCUT2D eigenvalue weighted by molar-refractivity contribution is 0.102. The number of amides is 1. The summed E-state index contributed by atoms with van der Waals surface area (Å²) in [6, 6.07) is 5.56. The van der Waals surface area contributed by atoms with E-state index in [1.807, 2.05) is 19.1 Å². The standard InChI is InChI=1S/C18H19N5O/c1-11-8-13-10-20-23-16(13)9-15(11)22-18(24)14-6-7-19-17(21-14)12-4-2-3-5-12/h6-10,12H,2-5H2,1H3,(H,20,23)(H,22,24). The summed E-state index contributed by atoms with van der Waals surface area (Å²) in [6.07, 6.45) is 8.11. The molecule has 1 saturated carbocycles. The van der Waals surface area contributed by atoms with Gasteiger partial charge in [-0.15, -0.1) is 0 Å². The number of aromatic nitrogens is 4.